The van der Waals surface area contributed by atoms with Gasteiger partial charge in [0, 0.05) is 17.8 Å². The van der Waals surface area contributed by atoms with Gasteiger partial charge in [-0.05, 0) is 36.1 Å². The van der Waals surface area contributed by atoms with Crippen molar-refractivity contribution in [2.45, 2.75) is 25.9 Å². The molecule has 0 bridgehead atoms. The van der Waals surface area contributed by atoms with Gasteiger partial charge in [-0.15, -0.1) is 11.3 Å². The number of nitrogens with zero attached hydrogens (tertiary/aromatic N) is 2. The van der Waals surface area contributed by atoms with Crippen LogP contribution in [0.4, 0.5) is 0 Å². The highest BCUT2D eigenvalue weighted by atomic mass is 32.1. The molecule has 2 aromatic heterocycles. The van der Waals surface area contributed by atoms with Gasteiger partial charge in [-0.1, -0.05) is 6.07 Å². The molecule has 1 aliphatic rings. The minimum Gasteiger partial charge on any atom is -0.484 e. The maximum Gasteiger partial charge on any atom is 0.261 e. The second-order valence-corrected chi connectivity index (χ2v) is 6.94. The number of aromatic nitrogens is 2. The fourth-order valence-electron chi connectivity index (χ4n) is 2.95. The molecular formula is C18H17N3O3S. The van der Waals surface area contributed by atoms with Crippen molar-refractivity contribution in [3.63, 3.8) is 0 Å². The first-order chi connectivity index (χ1) is 12.2. The van der Waals surface area contributed by atoms with Crippen LogP contribution in [0.15, 0.2) is 40.5 Å². The van der Waals surface area contributed by atoms with Crippen LogP contribution in [-0.2, 0) is 24.3 Å². The lowest BCUT2D eigenvalue weighted by atomic mass is 10.2. The number of hydrogen-bond donors (Lipinski definition) is 1. The van der Waals surface area contributed by atoms with E-state index in [-0.39, 0.29) is 18.1 Å². The summed E-state index contributed by atoms with van der Waals surface area (Å²) in [6.45, 7) is 1.12. The zero-order valence-corrected chi connectivity index (χ0v) is 14.3. The Morgan fingerprint density at radius 1 is 1.36 bits per heavy atom. The van der Waals surface area contributed by atoms with E-state index in [0.29, 0.717) is 29.7 Å². The maximum absolute atomic E-state index is 12.5. The van der Waals surface area contributed by atoms with E-state index in [0.717, 1.165) is 23.5 Å². The van der Waals surface area contributed by atoms with Crippen molar-refractivity contribution >= 4 is 28.1 Å². The van der Waals surface area contributed by atoms with Crippen molar-refractivity contribution in [3.8, 4) is 5.75 Å². The zero-order chi connectivity index (χ0) is 17.2. The number of ether oxygens (including phenoxy) is 1. The molecule has 0 atom stereocenters. The Hall–Kier alpha value is -2.67. The number of fused-ring (bicyclic) bond motifs is 2. The molecule has 0 spiro atoms. The van der Waals surface area contributed by atoms with Crippen molar-refractivity contribution in [2.24, 2.45) is 0 Å². The highest BCUT2D eigenvalue weighted by Gasteiger charge is 2.16. The summed E-state index contributed by atoms with van der Waals surface area (Å²) < 4.78 is 7.26. The van der Waals surface area contributed by atoms with E-state index in [1.54, 1.807) is 34.1 Å². The van der Waals surface area contributed by atoms with Gasteiger partial charge < -0.3 is 10.1 Å². The van der Waals surface area contributed by atoms with E-state index in [1.165, 1.54) is 0 Å². The van der Waals surface area contributed by atoms with Crippen LogP contribution in [0.2, 0.25) is 0 Å². The molecule has 3 aromatic rings. The standard InChI is InChI=1S/C18H17N3O3S/c22-17(19-10-13-3-2-8-25-13)11-24-12-5-6-15-14(9-12)18(23)21-7-1-4-16(21)20-15/h2-3,5-6,8-9H,1,4,7,10-11H2,(H,19,22). The highest BCUT2D eigenvalue weighted by Crippen LogP contribution is 2.19. The summed E-state index contributed by atoms with van der Waals surface area (Å²) in [6, 6.07) is 9.10. The number of thiophene rings is 1. The number of aryl methyl sites for hydroxylation is 1. The van der Waals surface area contributed by atoms with Gasteiger partial charge in [0.05, 0.1) is 17.4 Å². The molecule has 1 N–H and O–H groups in total. The van der Waals surface area contributed by atoms with Crippen LogP contribution in [0.1, 0.15) is 17.1 Å². The van der Waals surface area contributed by atoms with Crippen molar-refractivity contribution in [3.05, 3.63) is 56.8 Å². The number of carbonyl (C=O) groups excluding carboxylic acids is 1. The van der Waals surface area contributed by atoms with Gasteiger partial charge in [-0.2, -0.15) is 0 Å². The molecule has 0 fully saturated rings. The Balaban J connectivity index is 1.45. The lowest BCUT2D eigenvalue weighted by Gasteiger charge is -2.09. The van der Waals surface area contributed by atoms with Gasteiger partial charge in [-0.3, -0.25) is 14.2 Å². The summed E-state index contributed by atoms with van der Waals surface area (Å²) in [5.41, 5.74) is 0.637. The fraction of sp³-hybridized carbons (Fsp3) is 0.278. The third-order valence-corrected chi connectivity index (χ3v) is 5.07. The predicted molar refractivity (Wildman–Crippen MR) is 96.0 cm³/mol. The first-order valence-electron chi connectivity index (χ1n) is 8.16. The molecule has 6 nitrogen and oxygen atoms in total. The Morgan fingerprint density at radius 3 is 3.12 bits per heavy atom. The molecule has 0 unspecified atom stereocenters. The fourth-order valence-corrected chi connectivity index (χ4v) is 3.60. The van der Waals surface area contributed by atoms with Crippen molar-refractivity contribution in [2.75, 3.05) is 6.61 Å². The van der Waals surface area contributed by atoms with Crippen molar-refractivity contribution in [1.82, 2.24) is 14.9 Å². The second-order valence-electron chi connectivity index (χ2n) is 5.91. The van der Waals surface area contributed by atoms with Crippen LogP contribution >= 0.6 is 11.3 Å². The molecule has 25 heavy (non-hydrogen) atoms. The normalized spacial score (nSPS) is 13.0. The van der Waals surface area contributed by atoms with Crippen molar-refractivity contribution < 1.29 is 9.53 Å². The first-order valence-corrected chi connectivity index (χ1v) is 9.04. The van der Waals surface area contributed by atoms with E-state index in [1.807, 2.05) is 17.5 Å². The molecule has 1 aliphatic heterocycles. The topological polar surface area (TPSA) is 73.2 Å². The number of rotatable bonds is 5. The summed E-state index contributed by atoms with van der Waals surface area (Å²) >= 11 is 1.59. The highest BCUT2D eigenvalue weighted by molar-refractivity contribution is 7.09. The van der Waals surface area contributed by atoms with Gasteiger partial charge in [0.1, 0.15) is 11.6 Å². The van der Waals surface area contributed by atoms with E-state index in [4.69, 9.17) is 4.74 Å². The third-order valence-electron chi connectivity index (χ3n) is 4.20. The van der Waals surface area contributed by atoms with E-state index >= 15 is 0 Å². The number of benzene rings is 1. The third kappa shape index (κ3) is 3.28. The van der Waals surface area contributed by atoms with Gasteiger partial charge in [0.2, 0.25) is 0 Å². The minimum atomic E-state index is -0.197. The second kappa shape index (κ2) is 6.68. The van der Waals surface area contributed by atoms with Crippen LogP contribution in [-0.4, -0.2) is 22.1 Å². The summed E-state index contributed by atoms with van der Waals surface area (Å²) in [6.07, 6.45) is 1.79. The van der Waals surface area contributed by atoms with Crippen LogP contribution in [0.25, 0.3) is 10.9 Å². The Labute approximate surface area is 148 Å². The zero-order valence-electron chi connectivity index (χ0n) is 13.5. The van der Waals surface area contributed by atoms with Gasteiger partial charge >= 0.3 is 0 Å². The Kier molecular flexibility index (Phi) is 4.23. The summed E-state index contributed by atoms with van der Waals surface area (Å²) in [4.78, 5) is 30.0. The first kappa shape index (κ1) is 15.8. The number of amides is 1. The molecular weight excluding hydrogens is 338 g/mol. The Bertz CT molecular complexity index is 979. The average molecular weight is 355 g/mol. The monoisotopic (exact) mass is 355 g/mol. The average Bonchev–Trinajstić information content (AvgIpc) is 3.30. The maximum atomic E-state index is 12.5. The molecule has 128 valence electrons. The summed E-state index contributed by atoms with van der Waals surface area (Å²) in [5.74, 6) is 1.15. The van der Waals surface area contributed by atoms with E-state index in [9.17, 15) is 9.59 Å². The molecule has 1 amide bonds. The number of carbonyl (C=O) groups is 1. The predicted octanol–water partition coefficient (Wildman–Crippen LogP) is 2.10. The molecule has 3 heterocycles. The largest absolute Gasteiger partial charge is 0.484 e. The molecule has 4 rings (SSSR count). The number of nitrogens with one attached hydrogen (secondary N) is 1. The minimum absolute atomic E-state index is 0.0369. The lowest BCUT2D eigenvalue weighted by molar-refractivity contribution is -0.123. The van der Waals surface area contributed by atoms with Gasteiger partial charge in [0.15, 0.2) is 6.61 Å². The van der Waals surface area contributed by atoms with Crippen LogP contribution in [0, 0.1) is 0 Å². The SMILES string of the molecule is O=C(COc1ccc2nc3n(c(=O)c2c1)CCC3)NCc1cccs1. The molecule has 0 saturated heterocycles. The van der Waals surface area contributed by atoms with E-state index in [2.05, 4.69) is 10.3 Å². The molecule has 1 aromatic carbocycles. The molecule has 0 radical (unpaired) electrons. The van der Waals surface area contributed by atoms with Gasteiger partial charge in [-0.25, -0.2) is 4.98 Å². The number of hydrogen-bond acceptors (Lipinski definition) is 5. The molecule has 0 aliphatic carbocycles. The lowest BCUT2D eigenvalue weighted by Crippen LogP contribution is -2.28. The quantitative estimate of drug-likeness (QED) is 0.761. The summed E-state index contributed by atoms with van der Waals surface area (Å²) in [7, 11) is 0. The smallest absolute Gasteiger partial charge is 0.261 e. The molecule has 0 saturated carbocycles. The molecule has 7 heteroatoms. The van der Waals surface area contributed by atoms with Crippen LogP contribution < -0.4 is 15.6 Å². The van der Waals surface area contributed by atoms with Crippen molar-refractivity contribution in [1.29, 1.82) is 0 Å². The van der Waals surface area contributed by atoms with Crippen LogP contribution in [0.3, 0.4) is 0 Å². The van der Waals surface area contributed by atoms with E-state index < -0.39 is 0 Å². The Morgan fingerprint density at radius 2 is 2.28 bits per heavy atom. The summed E-state index contributed by atoms with van der Waals surface area (Å²) in [5, 5.41) is 5.30. The van der Waals surface area contributed by atoms with Crippen LogP contribution in [0.5, 0.6) is 5.75 Å². The van der Waals surface area contributed by atoms with Gasteiger partial charge in [0.25, 0.3) is 11.5 Å².